The van der Waals surface area contributed by atoms with Gasteiger partial charge in [0, 0.05) is 11.6 Å². The molecule has 0 aliphatic heterocycles. The van der Waals surface area contributed by atoms with E-state index in [4.69, 9.17) is 23.2 Å². The second-order valence-corrected chi connectivity index (χ2v) is 4.27. The fraction of sp³-hybridized carbons (Fsp3) is 0.182. The Balaban J connectivity index is 2.66. The molecule has 1 aromatic carbocycles. The Hall–Kier alpha value is -1.59. The molecular weight excluding hydrogens is 277 g/mol. The van der Waals surface area contributed by atoms with Crippen molar-refractivity contribution in [3.63, 3.8) is 0 Å². The fourth-order valence-electron chi connectivity index (χ4n) is 1.64. The van der Waals surface area contributed by atoms with Crippen LogP contribution in [0.25, 0.3) is 5.69 Å². The molecule has 0 amide bonds. The molecule has 0 aliphatic carbocycles. The van der Waals surface area contributed by atoms with Crippen molar-refractivity contribution in [2.45, 2.75) is 12.8 Å². The summed E-state index contributed by atoms with van der Waals surface area (Å²) in [6, 6.07) is 6.28. The molecule has 94 valence electrons. The number of para-hydroxylation sites is 2. The van der Waals surface area contributed by atoms with Crippen LogP contribution in [-0.2, 0) is 5.88 Å². The lowest BCUT2D eigenvalue weighted by atomic mass is 10.2. The highest BCUT2D eigenvalue weighted by Gasteiger charge is 2.20. The van der Waals surface area contributed by atoms with Gasteiger partial charge in [0.1, 0.15) is 10.8 Å². The van der Waals surface area contributed by atoms with E-state index in [-0.39, 0.29) is 11.6 Å². The van der Waals surface area contributed by atoms with Gasteiger partial charge in [-0.1, -0.05) is 23.7 Å². The number of alkyl halides is 1. The number of hydrogen-bond donors (Lipinski definition) is 0. The van der Waals surface area contributed by atoms with Crippen LogP contribution in [0.15, 0.2) is 24.3 Å². The smallest absolute Gasteiger partial charge is 0.258 e. The molecule has 18 heavy (non-hydrogen) atoms. The highest BCUT2D eigenvalue weighted by atomic mass is 35.5. The topological polar surface area (TPSA) is 61.0 Å². The van der Waals surface area contributed by atoms with Crippen molar-refractivity contribution in [2.24, 2.45) is 0 Å². The number of aromatic nitrogens is 2. The predicted octanol–water partition coefficient (Wildman–Crippen LogP) is 3.48. The summed E-state index contributed by atoms with van der Waals surface area (Å²) in [5.74, 6) is 0.214. The Morgan fingerprint density at radius 1 is 1.44 bits per heavy atom. The van der Waals surface area contributed by atoms with Crippen molar-refractivity contribution in [3.8, 4) is 5.69 Å². The summed E-state index contributed by atoms with van der Waals surface area (Å²) in [5.41, 5.74) is 1.61. The van der Waals surface area contributed by atoms with Gasteiger partial charge in [0.15, 0.2) is 0 Å². The molecule has 0 saturated carbocycles. The van der Waals surface area contributed by atoms with Crippen LogP contribution < -0.4 is 0 Å². The van der Waals surface area contributed by atoms with Gasteiger partial charge in [-0.15, -0.1) is 11.6 Å². The molecule has 1 aromatic heterocycles. The Bertz CT molecular complexity index is 610. The van der Waals surface area contributed by atoms with Crippen molar-refractivity contribution < 1.29 is 4.92 Å². The molecule has 7 heteroatoms. The van der Waals surface area contributed by atoms with E-state index in [9.17, 15) is 10.1 Å². The van der Waals surface area contributed by atoms with Crippen LogP contribution in [0.3, 0.4) is 0 Å². The Labute approximate surface area is 113 Å². The van der Waals surface area contributed by atoms with Gasteiger partial charge in [0.25, 0.3) is 5.69 Å². The summed E-state index contributed by atoms with van der Waals surface area (Å²) < 4.78 is 1.34. The zero-order valence-electron chi connectivity index (χ0n) is 9.43. The van der Waals surface area contributed by atoms with Crippen molar-refractivity contribution in [3.05, 3.63) is 50.8 Å². The van der Waals surface area contributed by atoms with Crippen LogP contribution in [0.5, 0.6) is 0 Å². The van der Waals surface area contributed by atoms with Gasteiger partial charge >= 0.3 is 0 Å². The number of nitrogens with zero attached hydrogens (tertiary/aromatic N) is 3. The molecule has 0 saturated heterocycles. The first-order chi connectivity index (χ1) is 8.56. The highest BCUT2D eigenvalue weighted by molar-refractivity contribution is 6.31. The number of aryl methyl sites for hydroxylation is 1. The number of halogens is 2. The first-order valence-electron chi connectivity index (χ1n) is 5.10. The predicted molar refractivity (Wildman–Crippen MR) is 69.5 cm³/mol. The lowest BCUT2D eigenvalue weighted by molar-refractivity contribution is -0.384. The third-order valence-electron chi connectivity index (χ3n) is 2.56. The molecule has 5 nitrogen and oxygen atoms in total. The number of nitro groups is 1. The fourth-order valence-corrected chi connectivity index (χ4v) is 2.36. The zero-order valence-corrected chi connectivity index (χ0v) is 10.9. The van der Waals surface area contributed by atoms with Gasteiger partial charge in [-0.3, -0.25) is 10.1 Å². The third-order valence-corrected chi connectivity index (χ3v) is 3.22. The van der Waals surface area contributed by atoms with Crippen LogP contribution in [0, 0.1) is 17.0 Å². The summed E-state index contributed by atoms with van der Waals surface area (Å²) >= 11 is 11.9. The zero-order chi connectivity index (χ0) is 13.3. The molecule has 0 fully saturated rings. The summed E-state index contributed by atoms with van der Waals surface area (Å²) in [6.07, 6.45) is 0. The molecule has 0 spiro atoms. The molecule has 1 heterocycles. The minimum absolute atomic E-state index is 0.0528. The Morgan fingerprint density at radius 3 is 2.67 bits per heavy atom. The van der Waals surface area contributed by atoms with Crippen LogP contribution in [0.2, 0.25) is 5.15 Å². The lowest BCUT2D eigenvalue weighted by Crippen LogP contribution is -2.01. The van der Waals surface area contributed by atoms with E-state index in [0.29, 0.717) is 22.1 Å². The minimum Gasteiger partial charge on any atom is -0.258 e. The van der Waals surface area contributed by atoms with E-state index in [1.54, 1.807) is 25.1 Å². The summed E-state index contributed by atoms with van der Waals surface area (Å²) in [4.78, 5) is 10.5. The molecule has 2 aromatic rings. The molecule has 0 N–H and O–H groups in total. The standard InChI is InChI=1S/C11H9Cl2N3O2/c1-7-8(6-12)11(13)15(14-7)9-4-2-3-5-10(9)16(17)18/h2-5H,6H2,1H3. The molecule has 0 bridgehead atoms. The average Bonchev–Trinajstić information content (AvgIpc) is 2.64. The first kappa shape index (κ1) is 12.9. The van der Waals surface area contributed by atoms with Gasteiger partial charge < -0.3 is 0 Å². The molecule has 0 aliphatic rings. The average molecular weight is 286 g/mol. The molecular formula is C11H9Cl2N3O2. The number of benzene rings is 1. The van der Waals surface area contributed by atoms with E-state index in [0.717, 1.165) is 0 Å². The highest BCUT2D eigenvalue weighted by Crippen LogP contribution is 2.29. The molecule has 0 radical (unpaired) electrons. The van der Waals surface area contributed by atoms with E-state index in [2.05, 4.69) is 5.10 Å². The Morgan fingerprint density at radius 2 is 2.11 bits per heavy atom. The summed E-state index contributed by atoms with van der Waals surface area (Å²) in [5, 5.41) is 15.5. The van der Waals surface area contributed by atoms with Crippen LogP contribution in [0.4, 0.5) is 5.69 Å². The van der Waals surface area contributed by atoms with E-state index in [1.807, 2.05) is 0 Å². The number of rotatable bonds is 3. The largest absolute Gasteiger partial charge is 0.294 e. The normalized spacial score (nSPS) is 10.6. The van der Waals surface area contributed by atoms with Gasteiger partial charge in [0.05, 0.1) is 16.5 Å². The lowest BCUT2D eigenvalue weighted by Gasteiger charge is -2.03. The van der Waals surface area contributed by atoms with Crippen molar-refractivity contribution >= 4 is 28.9 Å². The van der Waals surface area contributed by atoms with Crippen molar-refractivity contribution in [2.75, 3.05) is 0 Å². The van der Waals surface area contributed by atoms with E-state index < -0.39 is 4.92 Å². The van der Waals surface area contributed by atoms with E-state index >= 15 is 0 Å². The van der Waals surface area contributed by atoms with Crippen LogP contribution >= 0.6 is 23.2 Å². The van der Waals surface area contributed by atoms with Crippen LogP contribution in [0.1, 0.15) is 11.3 Å². The number of nitro benzene ring substituents is 1. The SMILES string of the molecule is Cc1nn(-c2ccccc2[N+](=O)[O-])c(Cl)c1CCl. The monoisotopic (exact) mass is 285 g/mol. The molecule has 0 atom stereocenters. The second kappa shape index (κ2) is 4.96. The quantitative estimate of drug-likeness (QED) is 0.493. The molecule has 0 unspecified atom stereocenters. The van der Waals surface area contributed by atoms with Gasteiger partial charge in [0.2, 0.25) is 0 Å². The third kappa shape index (κ3) is 2.07. The molecule has 2 rings (SSSR count). The van der Waals surface area contributed by atoms with Crippen LogP contribution in [-0.4, -0.2) is 14.7 Å². The Kier molecular flexibility index (Phi) is 3.54. The maximum absolute atomic E-state index is 11.0. The second-order valence-electron chi connectivity index (χ2n) is 3.65. The van der Waals surface area contributed by atoms with Gasteiger partial charge in [-0.05, 0) is 13.0 Å². The minimum atomic E-state index is -0.469. The van der Waals surface area contributed by atoms with E-state index in [1.165, 1.54) is 10.7 Å². The first-order valence-corrected chi connectivity index (χ1v) is 6.01. The van der Waals surface area contributed by atoms with Gasteiger partial charge in [-0.25, -0.2) is 4.68 Å². The summed E-state index contributed by atoms with van der Waals surface area (Å²) in [7, 11) is 0. The number of hydrogen-bond acceptors (Lipinski definition) is 3. The van der Waals surface area contributed by atoms with Crippen molar-refractivity contribution in [1.82, 2.24) is 9.78 Å². The van der Waals surface area contributed by atoms with Gasteiger partial charge in [-0.2, -0.15) is 5.10 Å². The maximum atomic E-state index is 11.0. The maximum Gasteiger partial charge on any atom is 0.294 e. The van der Waals surface area contributed by atoms with Crippen molar-refractivity contribution in [1.29, 1.82) is 0 Å². The summed E-state index contributed by atoms with van der Waals surface area (Å²) in [6.45, 7) is 1.76.